The van der Waals surface area contributed by atoms with Gasteiger partial charge in [0.2, 0.25) is 5.91 Å². The molecule has 0 atom stereocenters. The molecule has 142 valence electrons. The summed E-state index contributed by atoms with van der Waals surface area (Å²) in [6.45, 7) is 7.61. The first-order valence-corrected chi connectivity index (χ1v) is 8.19. The normalized spacial score (nSPS) is 14.1. The van der Waals surface area contributed by atoms with Gasteiger partial charge >= 0.3 is 0 Å². The molecule has 0 radical (unpaired) electrons. The van der Waals surface area contributed by atoms with E-state index in [1.54, 1.807) is 24.3 Å². The van der Waals surface area contributed by atoms with E-state index in [4.69, 9.17) is 5.73 Å². The van der Waals surface area contributed by atoms with Crippen LogP contribution >= 0.6 is 24.8 Å². The van der Waals surface area contributed by atoms with E-state index in [0.717, 1.165) is 32.5 Å². The summed E-state index contributed by atoms with van der Waals surface area (Å²) >= 11 is 0. The minimum atomic E-state index is -0.694. The highest BCUT2D eigenvalue weighted by Crippen LogP contribution is 2.33. The Hall–Kier alpha value is -1.34. The summed E-state index contributed by atoms with van der Waals surface area (Å²) in [6, 6.07) is 6.86. The second-order valence-electron chi connectivity index (χ2n) is 5.97. The Labute approximate surface area is 161 Å². The molecule has 6 nitrogen and oxygen atoms in total. The minimum absolute atomic E-state index is 0. The number of carbonyl (C=O) groups is 2. The number of hydrogen-bond acceptors (Lipinski definition) is 4. The van der Waals surface area contributed by atoms with E-state index in [1.165, 1.54) is 0 Å². The molecular formula is C17H28Cl2N4O2. The molecule has 25 heavy (non-hydrogen) atoms. The van der Waals surface area contributed by atoms with Gasteiger partial charge in [0.15, 0.2) is 0 Å². The van der Waals surface area contributed by atoms with Crippen molar-refractivity contribution in [3.63, 3.8) is 0 Å². The fourth-order valence-corrected chi connectivity index (χ4v) is 2.29. The fraction of sp³-hybridized carbons (Fsp3) is 0.529. The zero-order valence-corrected chi connectivity index (χ0v) is 16.3. The van der Waals surface area contributed by atoms with Gasteiger partial charge in [0.1, 0.15) is 0 Å². The Bertz CT molecular complexity index is 558. The maximum absolute atomic E-state index is 12.1. The van der Waals surface area contributed by atoms with Gasteiger partial charge in [-0.2, -0.15) is 0 Å². The van der Waals surface area contributed by atoms with Gasteiger partial charge in [0.05, 0.1) is 5.54 Å². The second-order valence-corrected chi connectivity index (χ2v) is 5.97. The molecule has 4 N–H and O–H groups in total. The minimum Gasteiger partial charge on any atom is -0.351 e. The number of halogens is 2. The highest BCUT2D eigenvalue weighted by atomic mass is 35.5. The number of nitrogens with one attached hydrogen (secondary N) is 2. The van der Waals surface area contributed by atoms with E-state index in [0.29, 0.717) is 17.8 Å². The largest absolute Gasteiger partial charge is 0.351 e. The number of nitrogens with two attached hydrogens (primary N) is 1. The quantitative estimate of drug-likeness (QED) is 0.633. The summed E-state index contributed by atoms with van der Waals surface area (Å²) in [5.74, 6) is -0.263. The van der Waals surface area contributed by atoms with Crippen LogP contribution in [0.5, 0.6) is 0 Å². The van der Waals surface area contributed by atoms with Crippen LogP contribution in [0.25, 0.3) is 0 Å². The SMILES string of the molecule is CCN(CC)CCNC(=O)c1ccc(NC(=O)C2(N)CC2)cc1.Cl.Cl. The average Bonchev–Trinajstić information content (AvgIpc) is 3.31. The number of benzene rings is 1. The van der Waals surface area contributed by atoms with Crippen LogP contribution in [-0.2, 0) is 4.79 Å². The van der Waals surface area contributed by atoms with Gasteiger partial charge in [0.25, 0.3) is 5.91 Å². The topological polar surface area (TPSA) is 87.5 Å². The monoisotopic (exact) mass is 390 g/mol. The molecule has 0 unspecified atom stereocenters. The predicted octanol–water partition coefficient (Wildman–Crippen LogP) is 2.03. The number of carbonyl (C=O) groups excluding carboxylic acids is 2. The lowest BCUT2D eigenvalue weighted by Gasteiger charge is -2.18. The van der Waals surface area contributed by atoms with Gasteiger partial charge < -0.3 is 21.3 Å². The van der Waals surface area contributed by atoms with Crippen LogP contribution in [-0.4, -0.2) is 48.4 Å². The van der Waals surface area contributed by atoms with E-state index < -0.39 is 5.54 Å². The van der Waals surface area contributed by atoms with E-state index in [2.05, 4.69) is 29.4 Å². The van der Waals surface area contributed by atoms with Crippen molar-refractivity contribution in [1.29, 1.82) is 0 Å². The van der Waals surface area contributed by atoms with Crippen LogP contribution in [0.4, 0.5) is 5.69 Å². The number of anilines is 1. The van der Waals surface area contributed by atoms with Crippen LogP contribution in [0.3, 0.4) is 0 Å². The molecule has 0 spiro atoms. The van der Waals surface area contributed by atoms with E-state index in [1.807, 2.05) is 0 Å². The maximum atomic E-state index is 12.1. The van der Waals surface area contributed by atoms with Crippen molar-refractivity contribution in [2.45, 2.75) is 32.2 Å². The molecule has 1 saturated carbocycles. The molecule has 1 aromatic rings. The molecule has 0 bridgehead atoms. The first-order chi connectivity index (χ1) is 11.0. The van der Waals surface area contributed by atoms with Crippen molar-refractivity contribution in [1.82, 2.24) is 10.2 Å². The van der Waals surface area contributed by atoms with Gasteiger partial charge in [-0.1, -0.05) is 13.8 Å². The lowest BCUT2D eigenvalue weighted by atomic mass is 10.2. The van der Waals surface area contributed by atoms with Crippen molar-refractivity contribution in [3.05, 3.63) is 29.8 Å². The Morgan fingerprint density at radius 2 is 1.68 bits per heavy atom. The molecular weight excluding hydrogens is 363 g/mol. The zero-order chi connectivity index (χ0) is 16.9. The maximum Gasteiger partial charge on any atom is 0.251 e. The summed E-state index contributed by atoms with van der Waals surface area (Å²) in [6.07, 6.45) is 1.46. The van der Waals surface area contributed by atoms with Crippen LogP contribution in [0.1, 0.15) is 37.0 Å². The van der Waals surface area contributed by atoms with Crippen LogP contribution < -0.4 is 16.4 Å². The van der Waals surface area contributed by atoms with Crippen LogP contribution in [0, 0.1) is 0 Å². The lowest BCUT2D eigenvalue weighted by molar-refractivity contribution is -0.118. The van der Waals surface area contributed by atoms with Crippen molar-refractivity contribution in [2.75, 3.05) is 31.5 Å². The Morgan fingerprint density at radius 1 is 1.12 bits per heavy atom. The predicted molar refractivity (Wildman–Crippen MR) is 106 cm³/mol. The van der Waals surface area contributed by atoms with E-state index in [-0.39, 0.29) is 36.6 Å². The molecule has 1 aromatic carbocycles. The third-order valence-corrected chi connectivity index (χ3v) is 4.25. The van der Waals surface area contributed by atoms with Crippen molar-refractivity contribution in [3.8, 4) is 0 Å². The summed E-state index contributed by atoms with van der Waals surface area (Å²) in [5, 5.41) is 5.69. The molecule has 1 fully saturated rings. The summed E-state index contributed by atoms with van der Waals surface area (Å²) in [7, 11) is 0. The van der Waals surface area contributed by atoms with Crippen LogP contribution in [0.15, 0.2) is 24.3 Å². The van der Waals surface area contributed by atoms with Gasteiger partial charge in [-0.15, -0.1) is 24.8 Å². The zero-order valence-electron chi connectivity index (χ0n) is 14.7. The molecule has 1 aliphatic rings. The molecule has 0 saturated heterocycles. The van der Waals surface area contributed by atoms with Crippen LogP contribution in [0.2, 0.25) is 0 Å². The van der Waals surface area contributed by atoms with Gasteiger partial charge in [-0.3, -0.25) is 9.59 Å². The molecule has 0 heterocycles. The Kier molecular flexibility index (Phi) is 10.0. The van der Waals surface area contributed by atoms with Gasteiger partial charge in [-0.25, -0.2) is 0 Å². The van der Waals surface area contributed by atoms with Gasteiger partial charge in [0, 0.05) is 24.3 Å². The number of rotatable bonds is 8. The smallest absolute Gasteiger partial charge is 0.251 e. The van der Waals surface area contributed by atoms with E-state index >= 15 is 0 Å². The third kappa shape index (κ3) is 6.82. The number of likely N-dealkylation sites (N-methyl/N-ethyl adjacent to an activating group) is 1. The highest BCUT2D eigenvalue weighted by Gasteiger charge is 2.45. The Balaban J connectivity index is 0.00000288. The average molecular weight is 391 g/mol. The number of amides is 2. The summed E-state index contributed by atoms with van der Waals surface area (Å²) < 4.78 is 0. The molecule has 1 aliphatic carbocycles. The number of hydrogen-bond donors (Lipinski definition) is 3. The van der Waals surface area contributed by atoms with Crippen molar-refractivity contribution < 1.29 is 9.59 Å². The standard InChI is InChI=1S/C17H26N4O2.2ClH/c1-3-21(4-2)12-11-19-15(22)13-5-7-14(8-6-13)20-16(23)17(18)9-10-17;;/h5-8H,3-4,9-12,18H2,1-2H3,(H,19,22)(H,20,23);2*1H. The summed E-state index contributed by atoms with van der Waals surface area (Å²) in [5.41, 5.74) is 6.38. The number of nitrogens with zero attached hydrogens (tertiary/aromatic N) is 1. The van der Waals surface area contributed by atoms with E-state index in [9.17, 15) is 9.59 Å². The van der Waals surface area contributed by atoms with Crippen molar-refractivity contribution in [2.24, 2.45) is 5.73 Å². The molecule has 8 heteroatoms. The lowest BCUT2D eigenvalue weighted by Crippen LogP contribution is -2.37. The molecule has 0 aliphatic heterocycles. The fourth-order valence-electron chi connectivity index (χ4n) is 2.29. The second kappa shape index (κ2) is 10.6. The summed E-state index contributed by atoms with van der Waals surface area (Å²) in [4.78, 5) is 26.2. The Morgan fingerprint density at radius 3 is 2.16 bits per heavy atom. The molecule has 0 aromatic heterocycles. The van der Waals surface area contributed by atoms with Gasteiger partial charge in [-0.05, 0) is 50.2 Å². The third-order valence-electron chi connectivity index (χ3n) is 4.25. The first-order valence-electron chi connectivity index (χ1n) is 8.19. The molecule has 2 amide bonds. The molecule has 2 rings (SSSR count). The first kappa shape index (κ1) is 23.7. The highest BCUT2D eigenvalue weighted by molar-refractivity contribution is 6.00. The van der Waals surface area contributed by atoms with Crippen molar-refractivity contribution >= 4 is 42.3 Å².